The van der Waals surface area contributed by atoms with E-state index >= 15 is 0 Å². The van der Waals surface area contributed by atoms with E-state index in [1.54, 1.807) is 6.33 Å². The number of hydrogen-bond acceptors (Lipinski definition) is 4. The van der Waals surface area contributed by atoms with Crippen molar-refractivity contribution < 1.29 is 0 Å². The zero-order chi connectivity index (χ0) is 10.8. The number of aromatic nitrogens is 2. The Morgan fingerprint density at radius 2 is 2.13 bits per heavy atom. The summed E-state index contributed by atoms with van der Waals surface area (Å²) < 4.78 is 0.922. The van der Waals surface area contributed by atoms with Gasteiger partial charge in [0.15, 0.2) is 0 Å². The molecule has 2 unspecified atom stereocenters. The highest BCUT2D eigenvalue weighted by molar-refractivity contribution is 9.10. The predicted octanol–water partition coefficient (Wildman–Crippen LogP) is 2.49. The first-order chi connectivity index (χ1) is 7.22. The standard InChI is InChI=1S/C10H15BrN4/c1-3-12-9-8(11)10(14-5-13-9)15-7-4-6(7)2/h5-7H,3-4H2,1-2H3,(H2,12,13,14,15). The van der Waals surface area contributed by atoms with Crippen LogP contribution in [-0.4, -0.2) is 22.6 Å². The minimum Gasteiger partial charge on any atom is -0.369 e. The third kappa shape index (κ3) is 2.40. The highest BCUT2D eigenvalue weighted by Gasteiger charge is 2.33. The zero-order valence-corrected chi connectivity index (χ0v) is 10.5. The van der Waals surface area contributed by atoms with E-state index in [9.17, 15) is 0 Å². The van der Waals surface area contributed by atoms with Crippen molar-refractivity contribution in [3.63, 3.8) is 0 Å². The van der Waals surface area contributed by atoms with E-state index in [1.165, 1.54) is 6.42 Å². The lowest BCUT2D eigenvalue weighted by molar-refractivity contribution is 0.920. The van der Waals surface area contributed by atoms with Gasteiger partial charge in [-0.1, -0.05) is 6.92 Å². The van der Waals surface area contributed by atoms with Crippen molar-refractivity contribution in [1.29, 1.82) is 0 Å². The van der Waals surface area contributed by atoms with E-state index in [-0.39, 0.29) is 0 Å². The molecule has 2 atom stereocenters. The van der Waals surface area contributed by atoms with Gasteiger partial charge in [0.05, 0.1) is 0 Å². The molecule has 0 radical (unpaired) electrons. The molecule has 4 nitrogen and oxygen atoms in total. The van der Waals surface area contributed by atoms with E-state index in [2.05, 4.69) is 43.5 Å². The molecule has 0 saturated heterocycles. The molecule has 1 heterocycles. The van der Waals surface area contributed by atoms with E-state index in [4.69, 9.17) is 0 Å². The molecular formula is C10H15BrN4. The second kappa shape index (κ2) is 4.35. The quantitative estimate of drug-likeness (QED) is 0.883. The third-order valence-corrected chi connectivity index (χ3v) is 3.32. The van der Waals surface area contributed by atoms with Crippen molar-refractivity contribution >= 4 is 27.6 Å². The summed E-state index contributed by atoms with van der Waals surface area (Å²) in [4.78, 5) is 8.39. The molecule has 2 N–H and O–H groups in total. The van der Waals surface area contributed by atoms with Crippen LogP contribution in [0.1, 0.15) is 20.3 Å². The molecule has 15 heavy (non-hydrogen) atoms. The van der Waals surface area contributed by atoms with Gasteiger partial charge in [0.2, 0.25) is 0 Å². The van der Waals surface area contributed by atoms with Crippen LogP contribution >= 0.6 is 15.9 Å². The number of halogens is 1. The molecule has 0 aliphatic heterocycles. The zero-order valence-electron chi connectivity index (χ0n) is 8.92. The summed E-state index contributed by atoms with van der Waals surface area (Å²) in [5, 5.41) is 6.58. The molecule has 82 valence electrons. The van der Waals surface area contributed by atoms with Crippen LogP contribution in [0, 0.1) is 5.92 Å². The molecule has 1 fully saturated rings. The Bertz CT molecular complexity index is 355. The fourth-order valence-corrected chi connectivity index (χ4v) is 1.92. The summed E-state index contributed by atoms with van der Waals surface area (Å²) >= 11 is 3.51. The van der Waals surface area contributed by atoms with Crippen LogP contribution < -0.4 is 10.6 Å². The molecular weight excluding hydrogens is 256 g/mol. The maximum absolute atomic E-state index is 4.23. The van der Waals surface area contributed by atoms with Gasteiger partial charge in [-0.05, 0) is 35.2 Å². The Morgan fingerprint density at radius 3 is 2.73 bits per heavy atom. The SMILES string of the molecule is CCNc1ncnc(NC2CC2C)c1Br. The van der Waals surface area contributed by atoms with Gasteiger partial charge in [0, 0.05) is 12.6 Å². The summed E-state index contributed by atoms with van der Waals surface area (Å²) in [5.74, 6) is 2.49. The topological polar surface area (TPSA) is 49.8 Å². The van der Waals surface area contributed by atoms with Gasteiger partial charge in [0.1, 0.15) is 22.4 Å². The van der Waals surface area contributed by atoms with Crippen molar-refractivity contribution in [1.82, 2.24) is 9.97 Å². The molecule has 0 amide bonds. The number of rotatable bonds is 4. The van der Waals surface area contributed by atoms with Crippen molar-refractivity contribution in [3.8, 4) is 0 Å². The van der Waals surface area contributed by atoms with Gasteiger partial charge in [-0.25, -0.2) is 9.97 Å². The average molecular weight is 271 g/mol. The van der Waals surface area contributed by atoms with Crippen LogP contribution in [0.15, 0.2) is 10.8 Å². The average Bonchev–Trinajstić information content (AvgIpc) is 2.89. The normalized spacial score (nSPS) is 23.7. The van der Waals surface area contributed by atoms with Crippen molar-refractivity contribution in [2.45, 2.75) is 26.3 Å². The first-order valence-corrected chi connectivity index (χ1v) is 6.02. The summed E-state index contributed by atoms with van der Waals surface area (Å²) in [6, 6.07) is 0.575. The van der Waals surface area contributed by atoms with Gasteiger partial charge in [0.25, 0.3) is 0 Å². The van der Waals surface area contributed by atoms with Crippen LogP contribution in [0.5, 0.6) is 0 Å². The maximum Gasteiger partial charge on any atom is 0.146 e. The van der Waals surface area contributed by atoms with Gasteiger partial charge in [-0.15, -0.1) is 0 Å². The van der Waals surface area contributed by atoms with Crippen molar-refractivity contribution in [3.05, 3.63) is 10.8 Å². The first-order valence-electron chi connectivity index (χ1n) is 5.23. The lowest BCUT2D eigenvalue weighted by atomic mass is 10.4. The largest absolute Gasteiger partial charge is 0.369 e. The summed E-state index contributed by atoms with van der Waals surface area (Å²) in [5.41, 5.74) is 0. The molecule has 5 heteroatoms. The van der Waals surface area contributed by atoms with Gasteiger partial charge in [-0.2, -0.15) is 0 Å². The summed E-state index contributed by atoms with van der Waals surface area (Å²) in [6.07, 6.45) is 2.81. The van der Waals surface area contributed by atoms with Crippen molar-refractivity contribution in [2.24, 2.45) is 5.92 Å². The predicted molar refractivity (Wildman–Crippen MR) is 65.1 cm³/mol. The maximum atomic E-state index is 4.23. The Kier molecular flexibility index (Phi) is 3.09. The number of nitrogens with one attached hydrogen (secondary N) is 2. The minimum atomic E-state index is 0.575. The van der Waals surface area contributed by atoms with E-state index in [0.29, 0.717) is 6.04 Å². The molecule has 1 aromatic heterocycles. The molecule has 1 aromatic rings. The van der Waals surface area contributed by atoms with E-state index in [0.717, 1.165) is 28.6 Å². The fourth-order valence-electron chi connectivity index (χ4n) is 1.46. The fraction of sp³-hybridized carbons (Fsp3) is 0.600. The van der Waals surface area contributed by atoms with E-state index in [1.807, 2.05) is 6.92 Å². The Labute approximate surface area is 98.0 Å². The lowest BCUT2D eigenvalue weighted by Crippen LogP contribution is -2.08. The molecule has 0 aromatic carbocycles. The monoisotopic (exact) mass is 270 g/mol. The molecule has 0 bridgehead atoms. The Morgan fingerprint density at radius 1 is 1.47 bits per heavy atom. The molecule has 0 spiro atoms. The second-order valence-corrected chi connectivity index (χ2v) is 4.67. The number of hydrogen-bond donors (Lipinski definition) is 2. The minimum absolute atomic E-state index is 0.575. The second-order valence-electron chi connectivity index (χ2n) is 3.88. The van der Waals surface area contributed by atoms with Crippen molar-refractivity contribution in [2.75, 3.05) is 17.2 Å². The third-order valence-electron chi connectivity index (χ3n) is 2.57. The van der Waals surface area contributed by atoms with Gasteiger partial charge >= 0.3 is 0 Å². The Balaban J connectivity index is 2.12. The number of anilines is 2. The van der Waals surface area contributed by atoms with Crippen LogP contribution in [-0.2, 0) is 0 Å². The Hall–Kier alpha value is -0.840. The highest BCUT2D eigenvalue weighted by Crippen LogP contribution is 2.35. The number of nitrogens with zero attached hydrogens (tertiary/aromatic N) is 2. The van der Waals surface area contributed by atoms with E-state index < -0.39 is 0 Å². The molecule has 1 aliphatic rings. The van der Waals surface area contributed by atoms with Crippen LogP contribution in [0.4, 0.5) is 11.6 Å². The van der Waals surface area contributed by atoms with Crippen LogP contribution in [0.3, 0.4) is 0 Å². The van der Waals surface area contributed by atoms with Crippen LogP contribution in [0.25, 0.3) is 0 Å². The first kappa shape index (κ1) is 10.7. The summed E-state index contributed by atoms with van der Waals surface area (Å²) in [7, 11) is 0. The smallest absolute Gasteiger partial charge is 0.146 e. The molecule has 2 rings (SSSR count). The van der Waals surface area contributed by atoms with Gasteiger partial charge < -0.3 is 10.6 Å². The molecule has 1 saturated carbocycles. The lowest BCUT2D eigenvalue weighted by Gasteiger charge is -2.10. The van der Waals surface area contributed by atoms with Crippen LogP contribution in [0.2, 0.25) is 0 Å². The summed E-state index contributed by atoms with van der Waals surface area (Å²) in [6.45, 7) is 5.14. The highest BCUT2D eigenvalue weighted by atomic mass is 79.9. The van der Waals surface area contributed by atoms with Gasteiger partial charge in [-0.3, -0.25) is 0 Å². The molecule has 1 aliphatic carbocycles.